The van der Waals surface area contributed by atoms with Crippen molar-refractivity contribution in [2.24, 2.45) is 0 Å². The first-order chi connectivity index (χ1) is 13.2. The molecule has 154 valence electrons. The second-order valence-electron chi connectivity index (χ2n) is 7.35. The maximum Gasteiger partial charge on any atom is 0.411 e. The van der Waals surface area contributed by atoms with Gasteiger partial charge in [0.2, 0.25) is 0 Å². The number of hydrogen-bond donors (Lipinski definition) is 1. The molecule has 1 aromatic carbocycles. The number of benzene rings is 1. The molecule has 1 heterocycles. The van der Waals surface area contributed by atoms with E-state index in [4.69, 9.17) is 9.47 Å². The van der Waals surface area contributed by atoms with Crippen molar-refractivity contribution in [1.82, 2.24) is 15.3 Å². The summed E-state index contributed by atoms with van der Waals surface area (Å²) >= 11 is 0. The lowest BCUT2D eigenvalue weighted by atomic mass is 10.1. The highest BCUT2D eigenvalue weighted by Gasteiger charge is 2.39. The smallest absolute Gasteiger partial charge is 0.411 e. The Morgan fingerprint density at radius 3 is 2.39 bits per heavy atom. The minimum absolute atomic E-state index is 0.0257. The topological polar surface area (TPSA) is 97.4 Å². The molecule has 3 amide bonds. The van der Waals surface area contributed by atoms with Gasteiger partial charge in [0.25, 0.3) is 5.91 Å². The quantitative estimate of drug-likeness (QED) is 0.785. The van der Waals surface area contributed by atoms with Gasteiger partial charge in [0.15, 0.2) is 0 Å². The number of hydrogen-bond acceptors (Lipinski definition) is 6. The van der Waals surface area contributed by atoms with E-state index in [2.05, 4.69) is 10.3 Å². The Hall–Kier alpha value is -2.81. The molecule has 1 N–H and O–H groups in total. The highest BCUT2D eigenvalue weighted by Crippen LogP contribution is 2.17. The van der Waals surface area contributed by atoms with Gasteiger partial charge < -0.3 is 14.4 Å². The Bertz CT molecular complexity index is 689. The molecular formula is C19H27N3O6. The molecule has 1 saturated heterocycles. The van der Waals surface area contributed by atoms with Crippen molar-refractivity contribution < 1.29 is 28.7 Å². The van der Waals surface area contributed by atoms with Crippen LogP contribution < -0.4 is 5.48 Å². The van der Waals surface area contributed by atoms with Crippen LogP contribution in [0.25, 0.3) is 0 Å². The van der Waals surface area contributed by atoms with Crippen molar-refractivity contribution in [2.45, 2.75) is 39.0 Å². The molecule has 0 aromatic heterocycles. The van der Waals surface area contributed by atoms with Crippen LogP contribution >= 0.6 is 0 Å². The molecule has 9 nitrogen and oxygen atoms in total. The maximum absolute atomic E-state index is 12.5. The van der Waals surface area contributed by atoms with Gasteiger partial charge in [-0.1, -0.05) is 30.3 Å². The van der Waals surface area contributed by atoms with Crippen LogP contribution in [0.1, 0.15) is 26.3 Å². The van der Waals surface area contributed by atoms with E-state index >= 15 is 0 Å². The number of nitrogens with one attached hydrogen (secondary N) is 1. The molecule has 1 aliphatic heterocycles. The molecule has 9 heteroatoms. The van der Waals surface area contributed by atoms with E-state index in [1.54, 1.807) is 20.8 Å². The summed E-state index contributed by atoms with van der Waals surface area (Å²) in [6, 6.07) is 8.33. The zero-order valence-electron chi connectivity index (χ0n) is 16.6. The van der Waals surface area contributed by atoms with Crippen molar-refractivity contribution in [3.05, 3.63) is 35.9 Å². The monoisotopic (exact) mass is 393 g/mol. The molecular weight excluding hydrogens is 366 g/mol. The van der Waals surface area contributed by atoms with E-state index in [0.29, 0.717) is 0 Å². The Balaban J connectivity index is 2.03. The van der Waals surface area contributed by atoms with E-state index in [0.717, 1.165) is 5.56 Å². The molecule has 2 rings (SSSR count). The second-order valence-corrected chi connectivity index (χ2v) is 7.35. The highest BCUT2D eigenvalue weighted by molar-refractivity contribution is 5.86. The van der Waals surface area contributed by atoms with Crippen LogP contribution in [0.15, 0.2) is 30.3 Å². The number of nitrogens with zero attached hydrogens (tertiary/aromatic N) is 2. The largest absolute Gasteiger partial charge is 0.445 e. The molecule has 1 fully saturated rings. The fourth-order valence-electron chi connectivity index (χ4n) is 2.69. The van der Waals surface area contributed by atoms with Gasteiger partial charge in [-0.25, -0.2) is 15.1 Å². The van der Waals surface area contributed by atoms with Crippen LogP contribution in [0.5, 0.6) is 0 Å². The number of carbonyl (C=O) groups excluding carboxylic acids is 3. The number of ether oxygens (including phenoxy) is 2. The summed E-state index contributed by atoms with van der Waals surface area (Å²) in [6.45, 7) is 5.69. The third kappa shape index (κ3) is 6.12. The SMILES string of the molecule is CONC(=O)C1CN(C(=O)OCc2ccccc2)CCN1C(=O)OC(C)(C)C. The normalized spacial score (nSPS) is 17.1. The van der Waals surface area contributed by atoms with E-state index < -0.39 is 29.7 Å². The Morgan fingerprint density at radius 1 is 1.11 bits per heavy atom. The first-order valence-corrected chi connectivity index (χ1v) is 8.99. The van der Waals surface area contributed by atoms with Crippen molar-refractivity contribution in [3.8, 4) is 0 Å². The first kappa shape index (κ1) is 21.5. The third-order valence-electron chi connectivity index (χ3n) is 3.98. The van der Waals surface area contributed by atoms with E-state index in [9.17, 15) is 14.4 Å². The molecule has 1 aliphatic rings. The number of hydroxylamine groups is 1. The average molecular weight is 393 g/mol. The summed E-state index contributed by atoms with van der Waals surface area (Å²) in [6.07, 6.45) is -1.18. The predicted octanol–water partition coefficient (Wildman–Crippen LogP) is 1.92. The minimum atomic E-state index is -0.951. The fraction of sp³-hybridized carbons (Fsp3) is 0.526. The van der Waals surface area contributed by atoms with Crippen LogP contribution in [0, 0.1) is 0 Å². The van der Waals surface area contributed by atoms with Crippen molar-refractivity contribution in [2.75, 3.05) is 26.7 Å². The van der Waals surface area contributed by atoms with Gasteiger partial charge in [-0.05, 0) is 26.3 Å². The number of rotatable bonds is 4. The van der Waals surface area contributed by atoms with Crippen LogP contribution in [0.3, 0.4) is 0 Å². The lowest BCUT2D eigenvalue weighted by Gasteiger charge is -2.40. The fourth-order valence-corrected chi connectivity index (χ4v) is 2.69. The molecule has 0 radical (unpaired) electrons. The molecule has 0 bridgehead atoms. The highest BCUT2D eigenvalue weighted by atomic mass is 16.6. The number of carbonyl (C=O) groups is 3. The zero-order chi connectivity index (χ0) is 20.7. The lowest BCUT2D eigenvalue weighted by Crippen LogP contribution is -2.62. The minimum Gasteiger partial charge on any atom is -0.445 e. The lowest BCUT2D eigenvalue weighted by molar-refractivity contribution is -0.138. The zero-order valence-corrected chi connectivity index (χ0v) is 16.6. The van der Waals surface area contributed by atoms with E-state index in [-0.39, 0.29) is 26.2 Å². The summed E-state index contributed by atoms with van der Waals surface area (Å²) in [5.41, 5.74) is 2.37. The van der Waals surface area contributed by atoms with Crippen LogP contribution in [-0.4, -0.2) is 66.3 Å². The number of amides is 3. The summed E-state index contributed by atoms with van der Waals surface area (Å²) in [4.78, 5) is 44.6. The molecule has 0 saturated carbocycles. The summed E-state index contributed by atoms with van der Waals surface area (Å²) < 4.78 is 10.7. The second kappa shape index (κ2) is 9.41. The van der Waals surface area contributed by atoms with Crippen molar-refractivity contribution in [1.29, 1.82) is 0 Å². The molecule has 28 heavy (non-hydrogen) atoms. The summed E-state index contributed by atoms with van der Waals surface area (Å²) in [7, 11) is 1.30. The molecule has 0 aliphatic carbocycles. The predicted molar refractivity (Wildman–Crippen MR) is 100 cm³/mol. The van der Waals surface area contributed by atoms with Gasteiger partial charge in [-0.15, -0.1) is 0 Å². The van der Waals surface area contributed by atoms with Gasteiger partial charge in [0.05, 0.1) is 13.7 Å². The maximum atomic E-state index is 12.5. The van der Waals surface area contributed by atoms with Crippen LogP contribution in [0.4, 0.5) is 9.59 Å². The van der Waals surface area contributed by atoms with Gasteiger partial charge in [-0.3, -0.25) is 14.5 Å². The molecule has 1 aromatic rings. The van der Waals surface area contributed by atoms with Gasteiger partial charge in [0, 0.05) is 13.1 Å². The summed E-state index contributed by atoms with van der Waals surface area (Å²) in [5, 5.41) is 0. The Kier molecular flexibility index (Phi) is 7.22. The molecule has 1 atom stereocenters. The van der Waals surface area contributed by atoms with Crippen LogP contribution in [0.2, 0.25) is 0 Å². The average Bonchev–Trinajstić information content (AvgIpc) is 2.65. The third-order valence-corrected chi connectivity index (χ3v) is 3.98. The van der Waals surface area contributed by atoms with Gasteiger partial charge in [0.1, 0.15) is 18.2 Å². The Morgan fingerprint density at radius 2 is 1.79 bits per heavy atom. The van der Waals surface area contributed by atoms with E-state index in [1.165, 1.54) is 16.9 Å². The molecule has 1 unspecified atom stereocenters. The van der Waals surface area contributed by atoms with Gasteiger partial charge >= 0.3 is 12.2 Å². The van der Waals surface area contributed by atoms with E-state index in [1.807, 2.05) is 30.3 Å². The molecule has 0 spiro atoms. The van der Waals surface area contributed by atoms with Crippen LogP contribution in [-0.2, 0) is 25.7 Å². The van der Waals surface area contributed by atoms with Crippen molar-refractivity contribution >= 4 is 18.1 Å². The van der Waals surface area contributed by atoms with Crippen molar-refractivity contribution in [3.63, 3.8) is 0 Å². The number of piperazine rings is 1. The summed E-state index contributed by atoms with van der Waals surface area (Å²) in [5.74, 6) is -0.547. The Labute approximate surface area is 164 Å². The standard InChI is InChI=1S/C19H27N3O6/c1-19(2,3)28-18(25)22-11-10-21(12-15(22)16(23)20-26-4)17(24)27-13-14-8-6-5-7-9-14/h5-9,15H,10-13H2,1-4H3,(H,20,23). The first-order valence-electron chi connectivity index (χ1n) is 8.99. The van der Waals surface area contributed by atoms with Gasteiger partial charge in [-0.2, -0.15) is 0 Å².